The van der Waals surface area contributed by atoms with Crippen LogP contribution in [0.1, 0.15) is 21.6 Å². The van der Waals surface area contributed by atoms with Gasteiger partial charge in [0.05, 0.1) is 27.5 Å². The van der Waals surface area contributed by atoms with Gasteiger partial charge in [0, 0.05) is 19.2 Å². The van der Waals surface area contributed by atoms with E-state index < -0.39 is 17.6 Å². The van der Waals surface area contributed by atoms with Crippen LogP contribution in [0.25, 0.3) is 5.69 Å². The van der Waals surface area contributed by atoms with Crippen LogP contribution in [0.4, 0.5) is 13.2 Å². The Morgan fingerprint density at radius 1 is 1.11 bits per heavy atom. The first-order valence-corrected chi connectivity index (χ1v) is 8.47. The first-order chi connectivity index (χ1) is 12.8. The van der Waals surface area contributed by atoms with Crippen LogP contribution in [0.3, 0.4) is 0 Å². The molecule has 1 heterocycles. The van der Waals surface area contributed by atoms with E-state index in [2.05, 4.69) is 10.4 Å². The fourth-order valence-electron chi connectivity index (χ4n) is 2.49. The fraction of sp³-hybridized carbons (Fsp3) is 0.158. The molecule has 3 rings (SSSR count). The number of hydrogen-bond acceptors (Lipinski definition) is 2. The van der Waals surface area contributed by atoms with Crippen molar-refractivity contribution in [3.8, 4) is 5.69 Å². The van der Waals surface area contributed by atoms with E-state index in [-0.39, 0.29) is 17.1 Å². The van der Waals surface area contributed by atoms with Crippen molar-refractivity contribution in [1.82, 2.24) is 15.1 Å². The van der Waals surface area contributed by atoms with Gasteiger partial charge in [-0.25, -0.2) is 4.68 Å². The van der Waals surface area contributed by atoms with Crippen LogP contribution in [0.15, 0.2) is 60.8 Å². The van der Waals surface area contributed by atoms with E-state index in [0.717, 1.165) is 29.6 Å². The number of aromatic nitrogens is 2. The van der Waals surface area contributed by atoms with Crippen molar-refractivity contribution in [2.24, 2.45) is 0 Å². The van der Waals surface area contributed by atoms with Gasteiger partial charge in [-0.1, -0.05) is 29.8 Å². The Morgan fingerprint density at radius 3 is 2.56 bits per heavy atom. The zero-order chi connectivity index (χ0) is 19.4. The highest BCUT2D eigenvalue weighted by molar-refractivity contribution is 6.33. The van der Waals surface area contributed by atoms with Gasteiger partial charge < -0.3 is 5.32 Å². The second-order valence-electron chi connectivity index (χ2n) is 5.79. The summed E-state index contributed by atoms with van der Waals surface area (Å²) in [7, 11) is 0. The second-order valence-corrected chi connectivity index (χ2v) is 6.19. The molecule has 0 spiro atoms. The summed E-state index contributed by atoms with van der Waals surface area (Å²) in [5.41, 5.74) is 0.526. The monoisotopic (exact) mass is 393 g/mol. The van der Waals surface area contributed by atoms with Gasteiger partial charge in [-0.05, 0) is 36.4 Å². The van der Waals surface area contributed by atoms with Crippen molar-refractivity contribution in [2.75, 3.05) is 6.54 Å². The third-order valence-electron chi connectivity index (χ3n) is 3.87. The minimum absolute atomic E-state index is 0.0335. The van der Waals surface area contributed by atoms with Crippen molar-refractivity contribution in [3.05, 3.63) is 82.6 Å². The van der Waals surface area contributed by atoms with Crippen molar-refractivity contribution < 1.29 is 18.0 Å². The van der Waals surface area contributed by atoms with Crippen LogP contribution in [-0.4, -0.2) is 22.2 Å². The summed E-state index contributed by atoms with van der Waals surface area (Å²) in [6, 6.07) is 14.0. The predicted octanol–water partition coefficient (Wildman–Crippen LogP) is 4.52. The molecule has 1 aromatic heterocycles. The number of nitrogens with one attached hydrogen (secondary N) is 1. The van der Waals surface area contributed by atoms with Crippen molar-refractivity contribution >= 4 is 17.5 Å². The van der Waals surface area contributed by atoms with E-state index >= 15 is 0 Å². The average molecular weight is 394 g/mol. The molecule has 3 aromatic rings. The molecule has 0 aliphatic rings. The number of halogens is 4. The molecular weight excluding hydrogens is 379 g/mol. The number of benzene rings is 2. The van der Waals surface area contributed by atoms with Gasteiger partial charge in [-0.15, -0.1) is 0 Å². The lowest BCUT2D eigenvalue weighted by Crippen LogP contribution is -2.26. The number of carbonyl (C=O) groups is 1. The smallest absolute Gasteiger partial charge is 0.352 e. The Bertz CT molecular complexity index is 939. The van der Waals surface area contributed by atoms with Crippen molar-refractivity contribution in [1.29, 1.82) is 0 Å². The molecule has 0 bridgehead atoms. The minimum Gasteiger partial charge on any atom is -0.352 e. The zero-order valence-corrected chi connectivity index (χ0v) is 14.8. The van der Waals surface area contributed by atoms with Crippen LogP contribution in [-0.2, 0) is 12.6 Å². The van der Waals surface area contributed by atoms with E-state index in [1.54, 1.807) is 10.9 Å². The van der Waals surface area contributed by atoms with Gasteiger partial charge in [0.1, 0.15) is 0 Å². The lowest BCUT2D eigenvalue weighted by Gasteiger charge is -2.10. The molecule has 0 aliphatic carbocycles. The number of para-hydroxylation sites is 1. The van der Waals surface area contributed by atoms with Crippen molar-refractivity contribution in [3.63, 3.8) is 0 Å². The van der Waals surface area contributed by atoms with Gasteiger partial charge in [-0.3, -0.25) is 4.79 Å². The quantitative estimate of drug-likeness (QED) is 0.693. The summed E-state index contributed by atoms with van der Waals surface area (Å²) < 4.78 is 40.1. The highest BCUT2D eigenvalue weighted by Crippen LogP contribution is 2.31. The molecule has 0 saturated heterocycles. The van der Waals surface area contributed by atoms with E-state index in [9.17, 15) is 18.0 Å². The number of carbonyl (C=O) groups excluding carboxylic acids is 1. The molecule has 0 atom stereocenters. The maximum atomic E-state index is 12.8. The molecule has 0 aliphatic heterocycles. The number of nitrogens with zero attached hydrogens (tertiary/aromatic N) is 2. The molecular formula is C19H15ClF3N3O. The van der Waals surface area contributed by atoms with E-state index in [4.69, 9.17) is 11.6 Å². The summed E-state index contributed by atoms with van der Waals surface area (Å²) >= 11 is 5.86. The van der Waals surface area contributed by atoms with Crippen LogP contribution in [0.2, 0.25) is 5.02 Å². The third kappa shape index (κ3) is 4.68. The minimum atomic E-state index is -4.54. The maximum Gasteiger partial charge on any atom is 0.416 e. The molecule has 0 fully saturated rings. The number of amides is 1. The Morgan fingerprint density at radius 2 is 1.85 bits per heavy atom. The van der Waals surface area contributed by atoms with E-state index in [1.807, 2.05) is 36.4 Å². The summed E-state index contributed by atoms with van der Waals surface area (Å²) in [5, 5.41) is 6.95. The summed E-state index contributed by atoms with van der Waals surface area (Å²) in [6.45, 7) is 0.219. The number of hydrogen-bond donors (Lipinski definition) is 1. The molecule has 4 nitrogen and oxygen atoms in total. The Hall–Kier alpha value is -2.80. The van der Waals surface area contributed by atoms with Gasteiger partial charge in [0.25, 0.3) is 5.91 Å². The molecule has 2 aromatic carbocycles. The van der Waals surface area contributed by atoms with Crippen LogP contribution in [0.5, 0.6) is 0 Å². The van der Waals surface area contributed by atoms with Gasteiger partial charge in [0.2, 0.25) is 0 Å². The van der Waals surface area contributed by atoms with E-state index in [1.165, 1.54) is 0 Å². The molecule has 0 saturated carbocycles. The first kappa shape index (κ1) is 19.0. The maximum absolute atomic E-state index is 12.8. The first-order valence-electron chi connectivity index (χ1n) is 8.09. The second kappa shape index (κ2) is 7.84. The SMILES string of the molecule is O=C(NCCc1ccn(-c2ccccc2)n1)c1cc(C(F)(F)F)ccc1Cl. The summed E-state index contributed by atoms with van der Waals surface area (Å²) in [4.78, 5) is 12.2. The summed E-state index contributed by atoms with van der Waals surface area (Å²) in [5.74, 6) is -0.659. The average Bonchev–Trinajstić information content (AvgIpc) is 3.10. The summed E-state index contributed by atoms with van der Waals surface area (Å²) in [6.07, 6.45) is -2.30. The Labute approximate surface area is 158 Å². The van der Waals surface area contributed by atoms with Crippen LogP contribution < -0.4 is 5.32 Å². The molecule has 27 heavy (non-hydrogen) atoms. The van der Waals surface area contributed by atoms with Gasteiger partial charge >= 0.3 is 6.18 Å². The Kier molecular flexibility index (Phi) is 5.51. The molecule has 1 N–H and O–H groups in total. The van der Waals surface area contributed by atoms with Crippen LogP contribution in [0, 0.1) is 0 Å². The molecule has 0 unspecified atom stereocenters. The highest BCUT2D eigenvalue weighted by atomic mass is 35.5. The van der Waals surface area contributed by atoms with Crippen molar-refractivity contribution in [2.45, 2.75) is 12.6 Å². The number of rotatable bonds is 5. The fourth-order valence-corrected chi connectivity index (χ4v) is 2.70. The normalized spacial score (nSPS) is 11.4. The standard InChI is InChI=1S/C19H15ClF3N3O/c20-17-7-6-13(19(21,22)23)12-16(17)18(27)24-10-8-14-9-11-26(25-14)15-4-2-1-3-5-15/h1-7,9,11-12H,8,10H2,(H,24,27). The van der Waals surface area contributed by atoms with Gasteiger partial charge in [-0.2, -0.15) is 18.3 Å². The lowest BCUT2D eigenvalue weighted by atomic mass is 10.1. The Balaban J connectivity index is 1.61. The molecule has 140 valence electrons. The largest absolute Gasteiger partial charge is 0.416 e. The molecule has 8 heteroatoms. The number of alkyl halides is 3. The topological polar surface area (TPSA) is 46.9 Å². The molecule has 0 radical (unpaired) electrons. The van der Waals surface area contributed by atoms with Crippen LogP contribution >= 0.6 is 11.6 Å². The predicted molar refractivity (Wildman–Crippen MR) is 96.1 cm³/mol. The lowest BCUT2D eigenvalue weighted by molar-refractivity contribution is -0.137. The third-order valence-corrected chi connectivity index (χ3v) is 4.20. The van der Waals surface area contributed by atoms with Gasteiger partial charge in [0.15, 0.2) is 0 Å². The molecule has 1 amide bonds. The van der Waals surface area contributed by atoms with E-state index in [0.29, 0.717) is 6.42 Å². The highest BCUT2D eigenvalue weighted by Gasteiger charge is 2.31. The zero-order valence-electron chi connectivity index (χ0n) is 14.0.